The number of aliphatic hydroxyl groups excluding tert-OH is 1. The lowest BCUT2D eigenvalue weighted by Gasteiger charge is -2.48. The Balaban J connectivity index is 1.65. The Morgan fingerprint density at radius 2 is 1.29 bits per heavy atom. The Labute approximate surface area is 408 Å². The summed E-state index contributed by atoms with van der Waals surface area (Å²) in [6.45, 7) is 20.0. The van der Waals surface area contributed by atoms with Crippen LogP contribution in [0.4, 0.5) is 0 Å². The molecule has 0 heterocycles. The molecule has 2 bridgehead atoms. The smallest absolute Gasteiger partial charge is 0.147 e. The lowest BCUT2D eigenvalue weighted by Crippen LogP contribution is -2.57. The molecule has 2 aliphatic rings. The first-order valence-electron chi connectivity index (χ1n) is 24.2. The average Bonchev–Trinajstić information content (AvgIpc) is 3.61. The standard InChI is InChI=1S/C54H82O13Si/c1-12-47(62-33-41-18-22-43(58-7)23-19-41)52(64-35-42-20-24-44(59-8)25-21-42)50(63-34-40-16-14-13-15-17-40)45-32-48(55)54(67-38-61-30-31-68(9,10)11)27-26-46(53(54,3)4)51(65-36-57-6)49(39(45)2)66-37-60-29-28-56-5/h12-25,39,45-52,55H,1,26-38H2,2-11H3/t39-,45+,46+,47+,48+,49+,50+,51-,52-,54+/m1/s1. The summed E-state index contributed by atoms with van der Waals surface area (Å²) in [7, 11) is 5.19. The number of fused-ring (bicyclic) bond motifs is 2. The Morgan fingerprint density at radius 3 is 1.88 bits per heavy atom. The van der Waals surface area contributed by atoms with Crippen molar-refractivity contribution in [2.45, 2.75) is 128 Å². The maximum atomic E-state index is 13.2. The van der Waals surface area contributed by atoms with Gasteiger partial charge in [-0.2, -0.15) is 0 Å². The van der Waals surface area contributed by atoms with E-state index in [0.29, 0.717) is 32.7 Å². The molecule has 0 spiro atoms. The van der Waals surface area contributed by atoms with Crippen LogP contribution in [0.2, 0.25) is 25.7 Å². The fraction of sp³-hybridized carbons (Fsp3) is 0.630. The lowest BCUT2D eigenvalue weighted by atomic mass is 9.67. The Kier molecular flexibility index (Phi) is 22.4. The second kappa shape index (κ2) is 27.4. The second-order valence-electron chi connectivity index (χ2n) is 19.9. The number of hydrogen-bond acceptors (Lipinski definition) is 13. The molecule has 2 saturated carbocycles. The van der Waals surface area contributed by atoms with E-state index in [4.69, 9.17) is 56.8 Å². The van der Waals surface area contributed by atoms with Crippen molar-refractivity contribution in [2.24, 2.45) is 23.2 Å². The highest BCUT2D eigenvalue weighted by Crippen LogP contribution is 2.59. The van der Waals surface area contributed by atoms with Gasteiger partial charge in [-0.3, -0.25) is 0 Å². The molecule has 68 heavy (non-hydrogen) atoms. The van der Waals surface area contributed by atoms with E-state index in [1.807, 2.05) is 78.9 Å². The SMILES string of the molecule is C=C[C@H](OCc1ccc(OC)cc1)[C@@H](OCc1ccc(OC)cc1)[C@@H](OCc1ccccc1)[C@H]1C[C@H](O)[C@@]2(OCOCC[Si](C)(C)C)CC[C@@H]([C@@H](OCOC)[C@@H](OCOCCOC)[C@@H]1C)C2(C)C. The molecule has 2 fully saturated rings. The first-order valence-corrected chi connectivity index (χ1v) is 27.9. The molecule has 14 heteroatoms. The van der Waals surface area contributed by atoms with Gasteiger partial charge in [-0.05, 0) is 84.0 Å². The quantitative estimate of drug-likeness (QED) is 0.0295. The first-order chi connectivity index (χ1) is 32.7. The molecule has 0 aromatic heterocycles. The van der Waals surface area contributed by atoms with Gasteiger partial charge in [0.25, 0.3) is 0 Å². The average molecular weight is 967 g/mol. The van der Waals surface area contributed by atoms with Gasteiger partial charge in [-0.25, -0.2) is 0 Å². The van der Waals surface area contributed by atoms with Crippen LogP contribution in [0.25, 0.3) is 0 Å². The van der Waals surface area contributed by atoms with Crippen LogP contribution in [0.1, 0.15) is 56.7 Å². The number of rotatable bonds is 30. The van der Waals surface area contributed by atoms with Crippen molar-refractivity contribution >= 4 is 8.07 Å². The van der Waals surface area contributed by atoms with Gasteiger partial charge in [0.2, 0.25) is 0 Å². The highest BCUT2D eigenvalue weighted by molar-refractivity contribution is 6.76. The molecule has 0 saturated heterocycles. The van der Waals surface area contributed by atoms with Crippen LogP contribution in [-0.4, -0.2) is 124 Å². The molecule has 5 rings (SSSR count). The minimum atomic E-state index is -1.37. The Bertz CT molecular complexity index is 1860. The zero-order valence-electron chi connectivity index (χ0n) is 42.5. The molecule has 3 aromatic rings. The predicted octanol–water partition coefficient (Wildman–Crippen LogP) is 9.46. The molecule has 10 atom stereocenters. The third kappa shape index (κ3) is 15.1. The number of ether oxygens (including phenoxy) is 12. The predicted molar refractivity (Wildman–Crippen MR) is 265 cm³/mol. The van der Waals surface area contributed by atoms with Gasteiger partial charge in [-0.15, -0.1) is 6.58 Å². The summed E-state index contributed by atoms with van der Waals surface area (Å²) in [5.41, 5.74) is 1.20. The summed E-state index contributed by atoms with van der Waals surface area (Å²) in [5.74, 6) is 0.577. The van der Waals surface area contributed by atoms with Crippen molar-refractivity contribution in [1.82, 2.24) is 0 Å². The minimum absolute atomic E-state index is 0.00655. The van der Waals surface area contributed by atoms with Gasteiger partial charge < -0.3 is 61.9 Å². The van der Waals surface area contributed by atoms with Gasteiger partial charge in [0.05, 0.1) is 71.7 Å². The molecule has 13 nitrogen and oxygen atoms in total. The van der Waals surface area contributed by atoms with E-state index >= 15 is 0 Å². The minimum Gasteiger partial charge on any atom is -0.497 e. The van der Waals surface area contributed by atoms with Gasteiger partial charge in [0.15, 0.2) is 0 Å². The van der Waals surface area contributed by atoms with Crippen molar-refractivity contribution in [3.05, 3.63) is 108 Å². The van der Waals surface area contributed by atoms with E-state index in [9.17, 15) is 5.11 Å². The third-order valence-corrected chi connectivity index (χ3v) is 15.8. The van der Waals surface area contributed by atoms with Crippen LogP contribution in [0, 0.1) is 23.2 Å². The number of hydrogen-bond donors (Lipinski definition) is 1. The molecule has 3 aromatic carbocycles. The van der Waals surface area contributed by atoms with E-state index in [1.165, 1.54) is 0 Å². The maximum absolute atomic E-state index is 13.2. The first kappa shape index (κ1) is 55.7. The molecule has 0 aliphatic heterocycles. The number of methoxy groups -OCH3 is 4. The number of aliphatic hydroxyl groups is 1. The van der Waals surface area contributed by atoms with Gasteiger partial charge in [0.1, 0.15) is 49.7 Å². The largest absolute Gasteiger partial charge is 0.497 e. The zero-order valence-corrected chi connectivity index (χ0v) is 43.5. The monoisotopic (exact) mass is 967 g/mol. The summed E-state index contributed by atoms with van der Waals surface area (Å²) in [6.07, 6.45) is -0.853. The molecule has 0 unspecified atom stereocenters. The summed E-state index contributed by atoms with van der Waals surface area (Å²) in [4.78, 5) is 0. The summed E-state index contributed by atoms with van der Waals surface area (Å²) < 4.78 is 76.1. The fourth-order valence-electron chi connectivity index (χ4n) is 10.0. The van der Waals surface area contributed by atoms with Crippen molar-refractivity contribution in [1.29, 1.82) is 0 Å². The normalized spacial score (nSPS) is 25.2. The van der Waals surface area contributed by atoms with Crippen molar-refractivity contribution in [3.8, 4) is 11.5 Å². The second-order valence-corrected chi connectivity index (χ2v) is 25.6. The highest BCUT2D eigenvalue weighted by Gasteiger charge is 2.64. The van der Waals surface area contributed by atoms with Crippen molar-refractivity contribution in [3.63, 3.8) is 0 Å². The summed E-state index contributed by atoms with van der Waals surface area (Å²) in [5, 5.41) is 13.2. The van der Waals surface area contributed by atoms with Gasteiger partial charge >= 0.3 is 0 Å². The number of benzene rings is 3. The Hall–Kier alpha value is -3.22. The topological polar surface area (TPSA) is 131 Å². The van der Waals surface area contributed by atoms with Gasteiger partial charge in [-0.1, -0.05) is 101 Å². The lowest BCUT2D eigenvalue weighted by molar-refractivity contribution is -0.237. The summed E-state index contributed by atoms with van der Waals surface area (Å²) >= 11 is 0. The van der Waals surface area contributed by atoms with E-state index < -0.39 is 61.6 Å². The molecule has 380 valence electrons. The van der Waals surface area contributed by atoms with Crippen LogP contribution < -0.4 is 9.47 Å². The molecule has 0 amide bonds. The highest BCUT2D eigenvalue weighted by atomic mass is 28.3. The van der Waals surface area contributed by atoms with Crippen LogP contribution >= 0.6 is 0 Å². The van der Waals surface area contributed by atoms with Crippen LogP contribution in [0.15, 0.2) is 91.5 Å². The molecule has 2 aliphatic carbocycles. The van der Waals surface area contributed by atoms with Crippen LogP contribution in [0.5, 0.6) is 11.5 Å². The fourth-order valence-corrected chi connectivity index (χ4v) is 10.8. The Morgan fingerprint density at radius 1 is 0.706 bits per heavy atom. The van der Waals surface area contributed by atoms with Crippen LogP contribution in [0.3, 0.4) is 0 Å². The van der Waals surface area contributed by atoms with Crippen LogP contribution in [-0.2, 0) is 67.2 Å². The maximum Gasteiger partial charge on any atom is 0.147 e. The van der Waals surface area contributed by atoms with E-state index in [2.05, 4.69) is 47.0 Å². The van der Waals surface area contributed by atoms with Crippen molar-refractivity contribution < 1.29 is 61.9 Å². The van der Waals surface area contributed by atoms with Crippen molar-refractivity contribution in [2.75, 3.05) is 68.6 Å². The third-order valence-electron chi connectivity index (χ3n) is 14.1. The molecular formula is C54H82O13Si. The molecular weight excluding hydrogens is 885 g/mol. The molecule has 1 N–H and O–H groups in total. The zero-order chi connectivity index (χ0) is 49.2. The molecule has 0 radical (unpaired) electrons. The van der Waals surface area contributed by atoms with E-state index in [0.717, 1.165) is 34.2 Å². The van der Waals surface area contributed by atoms with E-state index in [1.54, 1.807) is 34.5 Å². The van der Waals surface area contributed by atoms with E-state index in [-0.39, 0.29) is 58.5 Å². The van der Waals surface area contributed by atoms with Gasteiger partial charge in [0, 0.05) is 34.3 Å². The summed E-state index contributed by atoms with van der Waals surface area (Å²) in [6, 6.07) is 26.7.